The number of hydrogen-bond acceptors (Lipinski definition) is 4. The van der Waals surface area contributed by atoms with Crippen LogP contribution in [0.3, 0.4) is 0 Å². The van der Waals surface area contributed by atoms with Gasteiger partial charge in [-0.3, -0.25) is 9.59 Å². The number of amides is 2. The molecule has 1 N–H and O–H groups in total. The van der Waals surface area contributed by atoms with E-state index in [2.05, 4.69) is 11.4 Å². The summed E-state index contributed by atoms with van der Waals surface area (Å²) in [5, 5.41) is 11.7. The highest BCUT2D eigenvalue weighted by Gasteiger charge is 2.27. The molecule has 29 heavy (non-hydrogen) atoms. The zero-order valence-corrected chi connectivity index (χ0v) is 16.6. The second-order valence-electron chi connectivity index (χ2n) is 7.26. The molecule has 1 unspecified atom stereocenters. The molecule has 2 amide bonds. The predicted octanol–water partition coefficient (Wildman–Crippen LogP) is 3.53. The maximum atomic E-state index is 12.6. The maximum absolute atomic E-state index is 12.6. The molecule has 1 aliphatic heterocycles. The van der Waals surface area contributed by atoms with Gasteiger partial charge < -0.3 is 15.0 Å². The molecule has 1 saturated heterocycles. The first kappa shape index (κ1) is 20.4. The van der Waals surface area contributed by atoms with E-state index in [0.717, 1.165) is 42.0 Å². The summed E-state index contributed by atoms with van der Waals surface area (Å²) in [4.78, 5) is 25.9. The number of piperidine rings is 1. The van der Waals surface area contributed by atoms with Crippen molar-refractivity contribution in [1.82, 2.24) is 4.90 Å². The van der Waals surface area contributed by atoms with Gasteiger partial charge in [0.2, 0.25) is 11.8 Å². The van der Waals surface area contributed by atoms with Crippen LogP contribution in [0.2, 0.25) is 0 Å². The zero-order valence-electron chi connectivity index (χ0n) is 16.6. The summed E-state index contributed by atoms with van der Waals surface area (Å²) < 4.78 is 5.80. The van der Waals surface area contributed by atoms with Crippen LogP contribution in [0.25, 0.3) is 0 Å². The first-order valence-electron chi connectivity index (χ1n) is 9.79. The molecule has 2 aromatic rings. The number of nitriles is 1. The Morgan fingerprint density at radius 3 is 2.72 bits per heavy atom. The lowest BCUT2D eigenvalue weighted by molar-refractivity contribution is -0.132. The maximum Gasteiger partial charge on any atom is 0.229 e. The second kappa shape index (κ2) is 9.74. The molecule has 1 atom stereocenters. The first-order valence-corrected chi connectivity index (χ1v) is 9.79. The third-order valence-corrected chi connectivity index (χ3v) is 5.04. The van der Waals surface area contributed by atoms with Gasteiger partial charge >= 0.3 is 0 Å². The Balaban J connectivity index is 1.55. The SMILES string of the molecule is CC(=O)N1CCCC(C(=O)Nc2cccc(COc3ccc(CC#N)cc3)c2)C1. The molecule has 1 fully saturated rings. The number of ether oxygens (including phenoxy) is 1. The van der Waals surface area contributed by atoms with E-state index in [9.17, 15) is 9.59 Å². The summed E-state index contributed by atoms with van der Waals surface area (Å²) >= 11 is 0. The van der Waals surface area contributed by atoms with E-state index in [1.807, 2.05) is 48.5 Å². The predicted molar refractivity (Wildman–Crippen MR) is 110 cm³/mol. The van der Waals surface area contributed by atoms with Crippen molar-refractivity contribution in [2.75, 3.05) is 18.4 Å². The van der Waals surface area contributed by atoms with E-state index in [0.29, 0.717) is 19.6 Å². The monoisotopic (exact) mass is 391 g/mol. The highest BCUT2D eigenvalue weighted by atomic mass is 16.5. The molecule has 0 bridgehead atoms. The summed E-state index contributed by atoms with van der Waals surface area (Å²) in [6.45, 7) is 3.12. The number of rotatable bonds is 6. The number of hydrogen-bond donors (Lipinski definition) is 1. The minimum atomic E-state index is -0.181. The Bertz CT molecular complexity index is 902. The molecular formula is C23H25N3O3. The Kier molecular flexibility index (Phi) is 6.85. The quantitative estimate of drug-likeness (QED) is 0.817. The molecule has 1 heterocycles. The van der Waals surface area contributed by atoms with Crippen LogP contribution < -0.4 is 10.1 Å². The third-order valence-electron chi connectivity index (χ3n) is 5.04. The lowest BCUT2D eigenvalue weighted by Gasteiger charge is -2.31. The lowest BCUT2D eigenvalue weighted by Crippen LogP contribution is -2.42. The first-order chi connectivity index (χ1) is 14.0. The number of anilines is 1. The van der Waals surface area contributed by atoms with Gasteiger partial charge in [-0.2, -0.15) is 5.26 Å². The van der Waals surface area contributed by atoms with Gasteiger partial charge in [-0.05, 0) is 48.2 Å². The molecule has 0 saturated carbocycles. The highest BCUT2D eigenvalue weighted by Crippen LogP contribution is 2.20. The van der Waals surface area contributed by atoms with Gasteiger partial charge in [0.1, 0.15) is 12.4 Å². The van der Waals surface area contributed by atoms with E-state index >= 15 is 0 Å². The molecule has 2 aromatic carbocycles. The molecule has 0 spiro atoms. The van der Waals surface area contributed by atoms with Gasteiger partial charge in [0.15, 0.2) is 0 Å². The molecule has 0 aliphatic carbocycles. The minimum Gasteiger partial charge on any atom is -0.489 e. The minimum absolute atomic E-state index is 0.0160. The van der Waals surface area contributed by atoms with Gasteiger partial charge in [0.25, 0.3) is 0 Å². The topological polar surface area (TPSA) is 82.4 Å². The van der Waals surface area contributed by atoms with Gasteiger partial charge in [0, 0.05) is 25.7 Å². The Morgan fingerprint density at radius 2 is 2.00 bits per heavy atom. The van der Waals surface area contributed by atoms with Crippen molar-refractivity contribution in [1.29, 1.82) is 5.26 Å². The molecule has 0 radical (unpaired) electrons. The van der Waals surface area contributed by atoms with E-state index in [1.165, 1.54) is 0 Å². The number of nitrogens with zero attached hydrogens (tertiary/aromatic N) is 2. The van der Waals surface area contributed by atoms with Gasteiger partial charge in [-0.15, -0.1) is 0 Å². The standard InChI is InChI=1S/C23H25N3O3/c1-17(27)26-13-3-5-20(15-26)23(28)25-21-6-2-4-19(14-21)16-29-22-9-7-18(8-10-22)11-12-24/h2,4,6-10,14,20H,3,5,11,13,15-16H2,1H3,(H,25,28). The fraction of sp³-hybridized carbons (Fsp3) is 0.348. The van der Waals surface area contributed by atoms with E-state index in [1.54, 1.807) is 11.8 Å². The van der Waals surface area contributed by atoms with Gasteiger partial charge in [-0.1, -0.05) is 24.3 Å². The molecule has 6 nitrogen and oxygen atoms in total. The normalized spacial score (nSPS) is 16.0. The van der Waals surface area contributed by atoms with Crippen molar-refractivity contribution in [3.05, 3.63) is 59.7 Å². The molecule has 1 aliphatic rings. The van der Waals surface area contributed by atoms with Crippen molar-refractivity contribution >= 4 is 17.5 Å². The lowest BCUT2D eigenvalue weighted by atomic mass is 9.97. The largest absolute Gasteiger partial charge is 0.489 e. The van der Waals surface area contributed by atoms with Crippen LogP contribution in [0, 0.1) is 17.2 Å². The van der Waals surface area contributed by atoms with Crippen LogP contribution >= 0.6 is 0 Å². The van der Waals surface area contributed by atoms with Gasteiger partial charge in [0.05, 0.1) is 18.4 Å². The van der Waals surface area contributed by atoms with Crippen molar-refractivity contribution in [2.45, 2.75) is 32.8 Å². The summed E-state index contributed by atoms with van der Waals surface area (Å²) in [7, 11) is 0. The number of likely N-dealkylation sites (tertiary alicyclic amines) is 1. The van der Waals surface area contributed by atoms with Crippen LogP contribution in [0.15, 0.2) is 48.5 Å². The highest BCUT2D eigenvalue weighted by molar-refractivity contribution is 5.93. The summed E-state index contributed by atoms with van der Waals surface area (Å²) in [5.74, 6) is 0.511. The number of nitrogens with one attached hydrogen (secondary N) is 1. The van der Waals surface area contributed by atoms with Crippen LogP contribution in [0.5, 0.6) is 5.75 Å². The fourth-order valence-corrected chi connectivity index (χ4v) is 3.42. The molecule has 0 aromatic heterocycles. The molecule has 3 rings (SSSR count). The average molecular weight is 391 g/mol. The number of carbonyl (C=O) groups is 2. The van der Waals surface area contributed by atoms with Crippen molar-refractivity contribution in [2.24, 2.45) is 5.92 Å². The van der Waals surface area contributed by atoms with Crippen molar-refractivity contribution in [3.63, 3.8) is 0 Å². The average Bonchev–Trinajstić information content (AvgIpc) is 2.74. The third kappa shape index (κ3) is 5.82. The molecule has 6 heteroatoms. The summed E-state index contributed by atoms with van der Waals surface area (Å²) in [5.41, 5.74) is 2.62. The van der Waals surface area contributed by atoms with E-state index < -0.39 is 0 Å². The smallest absolute Gasteiger partial charge is 0.229 e. The van der Waals surface area contributed by atoms with Crippen LogP contribution in [0.1, 0.15) is 30.9 Å². The fourth-order valence-electron chi connectivity index (χ4n) is 3.42. The van der Waals surface area contributed by atoms with Crippen molar-refractivity contribution in [3.8, 4) is 11.8 Å². The van der Waals surface area contributed by atoms with Crippen molar-refractivity contribution < 1.29 is 14.3 Å². The van der Waals surface area contributed by atoms with Crippen LogP contribution in [-0.4, -0.2) is 29.8 Å². The Morgan fingerprint density at radius 1 is 1.21 bits per heavy atom. The number of benzene rings is 2. The number of carbonyl (C=O) groups excluding carboxylic acids is 2. The molecule has 150 valence electrons. The summed E-state index contributed by atoms with van der Waals surface area (Å²) in [6.07, 6.45) is 2.02. The van der Waals surface area contributed by atoms with Crippen LogP contribution in [-0.2, 0) is 22.6 Å². The summed E-state index contributed by atoms with van der Waals surface area (Å²) in [6, 6.07) is 17.1. The zero-order chi connectivity index (χ0) is 20.6. The van der Waals surface area contributed by atoms with E-state index in [-0.39, 0.29) is 17.7 Å². The Labute approximate surface area is 171 Å². The molecular weight excluding hydrogens is 366 g/mol. The van der Waals surface area contributed by atoms with E-state index in [4.69, 9.17) is 10.00 Å². The second-order valence-corrected chi connectivity index (χ2v) is 7.26. The van der Waals surface area contributed by atoms with Gasteiger partial charge in [-0.25, -0.2) is 0 Å². The van der Waals surface area contributed by atoms with Crippen LogP contribution in [0.4, 0.5) is 5.69 Å². The Hall–Kier alpha value is -3.33.